The molecule has 1 aromatic heterocycles. The normalized spacial score (nSPS) is 21.1. The molecular formula is C15H26N4. The zero-order valence-corrected chi connectivity index (χ0v) is 11.8. The summed E-state index contributed by atoms with van der Waals surface area (Å²) in [6.07, 6.45) is 12.7. The van der Waals surface area contributed by atoms with Crippen LogP contribution in [0, 0.1) is 5.92 Å². The van der Waals surface area contributed by atoms with E-state index < -0.39 is 0 Å². The third-order valence-electron chi connectivity index (χ3n) is 4.44. The van der Waals surface area contributed by atoms with Crippen LogP contribution in [-0.2, 0) is 6.54 Å². The van der Waals surface area contributed by atoms with Crippen molar-refractivity contribution in [2.45, 2.75) is 44.7 Å². The Labute approximate surface area is 116 Å². The van der Waals surface area contributed by atoms with Crippen LogP contribution in [0.1, 0.15) is 32.1 Å². The van der Waals surface area contributed by atoms with Gasteiger partial charge in [-0.2, -0.15) is 0 Å². The van der Waals surface area contributed by atoms with Gasteiger partial charge >= 0.3 is 0 Å². The van der Waals surface area contributed by atoms with Crippen LogP contribution in [0.4, 0.5) is 0 Å². The molecule has 3 rings (SSSR count). The number of aryl methyl sites for hydroxylation is 1. The minimum absolute atomic E-state index is 0.901. The molecule has 1 N–H and O–H groups in total. The predicted octanol–water partition coefficient (Wildman–Crippen LogP) is 1.74. The van der Waals surface area contributed by atoms with Crippen LogP contribution in [0.5, 0.6) is 0 Å². The van der Waals surface area contributed by atoms with Gasteiger partial charge in [-0.15, -0.1) is 0 Å². The first-order valence-corrected chi connectivity index (χ1v) is 7.82. The molecule has 106 valence electrons. The first-order chi connectivity index (χ1) is 9.42. The smallest absolute Gasteiger partial charge is 0.0945 e. The first-order valence-electron chi connectivity index (χ1n) is 7.82. The van der Waals surface area contributed by atoms with Crippen molar-refractivity contribution in [2.24, 2.45) is 5.92 Å². The molecule has 4 nitrogen and oxygen atoms in total. The van der Waals surface area contributed by atoms with Crippen LogP contribution in [0.3, 0.4) is 0 Å². The molecular weight excluding hydrogens is 236 g/mol. The number of nitrogens with zero attached hydrogens (tertiary/aromatic N) is 3. The standard InChI is InChI=1S/C15H26N4/c1(9-18-11-8-17-13-18)10-19(15-2-3-15)12-14-4-6-16-7-5-14/h8,11,13-16H,1-7,9-10,12H2. The maximum atomic E-state index is 4.10. The Morgan fingerprint density at radius 3 is 2.74 bits per heavy atom. The summed E-state index contributed by atoms with van der Waals surface area (Å²) in [6.45, 7) is 6.13. The quantitative estimate of drug-likeness (QED) is 0.812. The van der Waals surface area contributed by atoms with E-state index in [-0.39, 0.29) is 0 Å². The van der Waals surface area contributed by atoms with E-state index in [0.717, 1.165) is 18.5 Å². The van der Waals surface area contributed by atoms with E-state index in [0.29, 0.717) is 0 Å². The number of aromatic nitrogens is 2. The molecule has 1 saturated carbocycles. The lowest BCUT2D eigenvalue weighted by molar-refractivity contribution is 0.193. The van der Waals surface area contributed by atoms with Gasteiger partial charge in [0.15, 0.2) is 0 Å². The molecule has 0 atom stereocenters. The predicted molar refractivity (Wildman–Crippen MR) is 77.0 cm³/mol. The zero-order valence-electron chi connectivity index (χ0n) is 11.8. The fraction of sp³-hybridized carbons (Fsp3) is 0.800. The molecule has 0 aromatic carbocycles. The van der Waals surface area contributed by atoms with Crippen LogP contribution in [-0.4, -0.2) is 46.7 Å². The lowest BCUT2D eigenvalue weighted by Crippen LogP contribution is -2.38. The van der Waals surface area contributed by atoms with Gasteiger partial charge in [0, 0.05) is 38.1 Å². The molecule has 0 amide bonds. The van der Waals surface area contributed by atoms with Crippen molar-refractivity contribution in [3.8, 4) is 0 Å². The molecule has 1 aliphatic carbocycles. The van der Waals surface area contributed by atoms with Crippen LogP contribution in [0.15, 0.2) is 18.7 Å². The van der Waals surface area contributed by atoms with E-state index in [1.54, 1.807) is 0 Å². The average molecular weight is 262 g/mol. The summed E-state index contributed by atoms with van der Waals surface area (Å²) in [6, 6.07) is 0.901. The van der Waals surface area contributed by atoms with Gasteiger partial charge in [-0.1, -0.05) is 0 Å². The second-order valence-electron chi connectivity index (χ2n) is 6.07. The Morgan fingerprint density at radius 2 is 2.05 bits per heavy atom. The maximum Gasteiger partial charge on any atom is 0.0945 e. The molecule has 0 bridgehead atoms. The highest BCUT2D eigenvalue weighted by molar-refractivity contribution is 4.86. The van der Waals surface area contributed by atoms with Crippen LogP contribution in [0.25, 0.3) is 0 Å². The lowest BCUT2D eigenvalue weighted by Gasteiger charge is -2.30. The minimum atomic E-state index is 0.901. The van der Waals surface area contributed by atoms with Gasteiger partial charge in [0.1, 0.15) is 0 Å². The summed E-state index contributed by atoms with van der Waals surface area (Å²) in [7, 11) is 0. The second-order valence-corrected chi connectivity index (χ2v) is 6.07. The highest BCUT2D eigenvalue weighted by Crippen LogP contribution is 2.29. The van der Waals surface area contributed by atoms with Gasteiger partial charge < -0.3 is 14.8 Å². The van der Waals surface area contributed by atoms with Crippen molar-refractivity contribution < 1.29 is 0 Å². The highest BCUT2D eigenvalue weighted by atomic mass is 15.2. The van der Waals surface area contributed by atoms with Crippen LogP contribution in [0.2, 0.25) is 0 Å². The number of nitrogens with one attached hydrogen (secondary N) is 1. The van der Waals surface area contributed by atoms with E-state index in [9.17, 15) is 0 Å². The molecule has 19 heavy (non-hydrogen) atoms. The summed E-state index contributed by atoms with van der Waals surface area (Å²) in [5.41, 5.74) is 0. The largest absolute Gasteiger partial charge is 0.337 e. The summed E-state index contributed by atoms with van der Waals surface area (Å²) in [5.74, 6) is 0.926. The Morgan fingerprint density at radius 1 is 1.21 bits per heavy atom. The number of imidazole rings is 1. The van der Waals surface area contributed by atoms with Crippen molar-refractivity contribution in [3.05, 3.63) is 18.7 Å². The molecule has 4 heteroatoms. The Kier molecular flexibility index (Phi) is 4.51. The van der Waals surface area contributed by atoms with Gasteiger partial charge in [0.2, 0.25) is 0 Å². The van der Waals surface area contributed by atoms with Gasteiger partial charge in [-0.05, 0) is 51.1 Å². The third-order valence-corrected chi connectivity index (χ3v) is 4.44. The number of hydrogen-bond donors (Lipinski definition) is 1. The van der Waals surface area contributed by atoms with Crippen molar-refractivity contribution in [1.29, 1.82) is 0 Å². The molecule has 0 spiro atoms. The topological polar surface area (TPSA) is 33.1 Å². The molecule has 2 fully saturated rings. The van der Waals surface area contributed by atoms with E-state index >= 15 is 0 Å². The van der Waals surface area contributed by atoms with Crippen LogP contribution < -0.4 is 5.32 Å². The monoisotopic (exact) mass is 262 g/mol. The van der Waals surface area contributed by atoms with Gasteiger partial charge in [0.25, 0.3) is 0 Å². The molecule has 1 saturated heterocycles. The van der Waals surface area contributed by atoms with Crippen molar-refractivity contribution in [1.82, 2.24) is 19.8 Å². The Hall–Kier alpha value is -0.870. The molecule has 1 aromatic rings. The number of rotatable bonds is 7. The van der Waals surface area contributed by atoms with Gasteiger partial charge in [-0.3, -0.25) is 0 Å². The third kappa shape index (κ3) is 4.05. The molecule has 1 aliphatic heterocycles. The second kappa shape index (κ2) is 6.53. The van der Waals surface area contributed by atoms with E-state index in [1.165, 1.54) is 58.3 Å². The maximum absolute atomic E-state index is 4.10. The van der Waals surface area contributed by atoms with Crippen molar-refractivity contribution in [2.75, 3.05) is 26.2 Å². The van der Waals surface area contributed by atoms with Crippen molar-refractivity contribution in [3.63, 3.8) is 0 Å². The fourth-order valence-electron chi connectivity index (χ4n) is 3.13. The lowest BCUT2D eigenvalue weighted by atomic mass is 9.97. The van der Waals surface area contributed by atoms with E-state index in [2.05, 4.69) is 26.0 Å². The van der Waals surface area contributed by atoms with Crippen LogP contribution >= 0.6 is 0 Å². The minimum Gasteiger partial charge on any atom is -0.337 e. The average Bonchev–Trinajstić information content (AvgIpc) is 3.16. The van der Waals surface area contributed by atoms with Gasteiger partial charge in [0.05, 0.1) is 6.33 Å². The summed E-state index contributed by atoms with van der Waals surface area (Å²) in [4.78, 5) is 6.86. The summed E-state index contributed by atoms with van der Waals surface area (Å²) >= 11 is 0. The summed E-state index contributed by atoms with van der Waals surface area (Å²) < 4.78 is 2.19. The number of hydrogen-bond acceptors (Lipinski definition) is 3. The number of piperidine rings is 1. The van der Waals surface area contributed by atoms with E-state index in [1.807, 2.05) is 12.5 Å². The SMILES string of the molecule is c1cn(CCCN(CC2CCNCC2)C2CC2)cn1. The molecule has 0 unspecified atom stereocenters. The van der Waals surface area contributed by atoms with E-state index in [4.69, 9.17) is 0 Å². The van der Waals surface area contributed by atoms with Gasteiger partial charge in [-0.25, -0.2) is 4.98 Å². The first kappa shape index (κ1) is 13.1. The Bertz CT molecular complexity index is 352. The zero-order chi connectivity index (χ0) is 12.9. The highest BCUT2D eigenvalue weighted by Gasteiger charge is 2.30. The van der Waals surface area contributed by atoms with Crippen molar-refractivity contribution >= 4 is 0 Å². The molecule has 0 radical (unpaired) electrons. The molecule has 2 aliphatic rings. The Balaban J connectivity index is 1.42. The summed E-state index contributed by atoms with van der Waals surface area (Å²) in [5, 5.41) is 3.47. The molecule has 2 heterocycles. The fourth-order valence-corrected chi connectivity index (χ4v) is 3.13.